The van der Waals surface area contributed by atoms with E-state index in [2.05, 4.69) is 5.32 Å². The molecule has 0 aromatic heterocycles. The number of hydrogen-bond donors (Lipinski definition) is 2. The number of methoxy groups -OCH3 is 1. The van der Waals surface area contributed by atoms with Gasteiger partial charge in [0.25, 0.3) is 0 Å². The fourth-order valence-corrected chi connectivity index (χ4v) is 1.24. The molecule has 14 heavy (non-hydrogen) atoms. The van der Waals surface area contributed by atoms with Gasteiger partial charge in [0, 0.05) is 12.6 Å². The molecule has 0 radical (unpaired) electrons. The Morgan fingerprint density at radius 2 is 2.21 bits per heavy atom. The Morgan fingerprint density at radius 3 is 2.79 bits per heavy atom. The lowest BCUT2D eigenvalue weighted by molar-refractivity contribution is 0.415. The number of benzene rings is 1. The summed E-state index contributed by atoms with van der Waals surface area (Å²) in [6.45, 7) is 4.69. The highest BCUT2D eigenvalue weighted by atomic mass is 16.5. The maximum atomic E-state index is 5.54. The number of nitrogens with two attached hydrogens (primary N) is 1. The second-order valence-electron chi connectivity index (χ2n) is 3.48. The molecule has 3 nitrogen and oxygen atoms in total. The summed E-state index contributed by atoms with van der Waals surface area (Å²) in [5, 5.41) is 3.29. The van der Waals surface area contributed by atoms with E-state index in [4.69, 9.17) is 10.5 Å². The van der Waals surface area contributed by atoms with E-state index in [-0.39, 0.29) is 6.04 Å². The number of anilines is 1. The molecule has 0 amide bonds. The van der Waals surface area contributed by atoms with Crippen LogP contribution in [0.1, 0.15) is 12.5 Å². The van der Waals surface area contributed by atoms with Crippen LogP contribution in [0.2, 0.25) is 0 Å². The Morgan fingerprint density at radius 1 is 1.50 bits per heavy atom. The van der Waals surface area contributed by atoms with Crippen molar-refractivity contribution in [2.75, 3.05) is 19.0 Å². The Hall–Kier alpha value is -1.22. The summed E-state index contributed by atoms with van der Waals surface area (Å²) in [4.78, 5) is 0. The first kappa shape index (κ1) is 10.9. The van der Waals surface area contributed by atoms with Gasteiger partial charge in [-0.3, -0.25) is 0 Å². The molecule has 3 N–H and O–H groups in total. The lowest BCUT2D eigenvalue weighted by Gasteiger charge is -2.16. The summed E-state index contributed by atoms with van der Waals surface area (Å²) >= 11 is 0. The van der Waals surface area contributed by atoms with Crippen LogP contribution in [0.15, 0.2) is 18.2 Å². The van der Waals surface area contributed by atoms with Crippen molar-refractivity contribution in [3.8, 4) is 5.75 Å². The smallest absolute Gasteiger partial charge is 0.142 e. The fraction of sp³-hybridized carbons (Fsp3) is 0.455. The summed E-state index contributed by atoms with van der Waals surface area (Å²) in [6.07, 6.45) is 0. The minimum absolute atomic E-state index is 0.256. The molecule has 78 valence electrons. The highest BCUT2D eigenvalue weighted by molar-refractivity contribution is 5.58. The zero-order chi connectivity index (χ0) is 10.6. The lowest BCUT2D eigenvalue weighted by atomic mass is 10.2. The molecule has 0 bridgehead atoms. The van der Waals surface area contributed by atoms with Crippen molar-refractivity contribution in [3.63, 3.8) is 0 Å². The standard InChI is InChI=1S/C11H18N2O/c1-8-4-5-10(11(6-8)14-3)13-9(2)7-12/h4-6,9,13H,7,12H2,1-3H3. The van der Waals surface area contributed by atoms with Crippen molar-refractivity contribution in [1.82, 2.24) is 0 Å². The second kappa shape index (κ2) is 4.86. The molecule has 0 aliphatic heterocycles. The number of aryl methyl sites for hydroxylation is 1. The van der Waals surface area contributed by atoms with Gasteiger partial charge in [0.05, 0.1) is 12.8 Å². The molecule has 1 aromatic carbocycles. The van der Waals surface area contributed by atoms with Crippen molar-refractivity contribution < 1.29 is 4.74 Å². The first-order valence-electron chi connectivity index (χ1n) is 4.78. The Bertz CT molecular complexity index is 299. The van der Waals surface area contributed by atoms with E-state index in [1.54, 1.807) is 7.11 Å². The van der Waals surface area contributed by atoms with Crippen molar-refractivity contribution in [2.24, 2.45) is 5.73 Å². The minimum Gasteiger partial charge on any atom is -0.495 e. The largest absolute Gasteiger partial charge is 0.495 e. The van der Waals surface area contributed by atoms with Crippen LogP contribution in [0.25, 0.3) is 0 Å². The molecule has 3 heteroatoms. The predicted octanol–water partition coefficient (Wildman–Crippen LogP) is 1.76. The van der Waals surface area contributed by atoms with Crippen LogP contribution in [-0.2, 0) is 0 Å². The molecule has 0 heterocycles. The SMILES string of the molecule is COc1cc(C)ccc1NC(C)CN. The van der Waals surface area contributed by atoms with Gasteiger partial charge in [0.2, 0.25) is 0 Å². The Labute approximate surface area is 85.3 Å². The van der Waals surface area contributed by atoms with Crippen LogP contribution < -0.4 is 15.8 Å². The number of hydrogen-bond acceptors (Lipinski definition) is 3. The van der Waals surface area contributed by atoms with E-state index < -0.39 is 0 Å². The van der Waals surface area contributed by atoms with Gasteiger partial charge in [0.15, 0.2) is 0 Å². The number of nitrogens with one attached hydrogen (secondary N) is 1. The van der Waals surface area contributed by atoms with Crippen LogP contribution in [0.5, 0.6) is 5.75 Å². The molecule has 0 aliphatic carbocycles. The summed E-state index contributed by atoms with van der Waals surface area (Å²) in [5.74, 6) is 0.866. The van der Waals surface area contributed by atoms with E-state index in [1.807, 2.05) is 32.0 Å². The third kappa shape index (κ3) is 2.64. The zero-order valence-corrected chi connectivity index (χ0v) is 9.00. The maximum Gasteiger partial charge on any atom is 0.142 e. The summed E-state index contributed by atoms with van der Waals surface area (Å²) in [5.41, 5.74) is 7.72. The van der Waals surface area contributed by atoms with Crippen LogP contribution in [0.3, 0.4) is 0 Å². The van der Waals surface area contributed by atoms with E-state index in [9.17, 15) is 0 Å². The summed E-state index contributed by atoms with van der Waals surface area (Å²) in [6, 6.07) is 6.33. The van der Waals surface area contributed by atoms with Crippen LogP contribution in [-0.4, -0.2) is 19.7 Å². The lowest BCUT2D eigenvalue weighted by Crippen LogP contribution is -2.25. The molecule has 1 atom stereocenters. The monoisotopic (exact) mass is 194 g/mol. The second-order valence-corrected chi connectivity index (χ2v) is 3.48. The minimum atomic E-state index is 0.256. The third-order valence-electron chi connectivity index (χ3n) is 2.11. The van der Waals surface area contributed by atoms with Gasteiger partial charge in [-0.05, 0) is 31.5 Å². The van der Waals surface area contributed by atoms with Crippen molar-refractivity contribution in [1.29, 1.82) is 0 Å². The number of rotatable bonds is 4. The molecule has 0 fully saturated rings. The molecule has 1 rings (SSSR count). The summed E-state index contributed by atoms with van der Waals surface area (Å²) in [7, 11) is 1.67. The molecule has 0 aliphatic rings. The summed E-state index contributed by atoms with van der Waals surface area (Å²) < 4.78 is 5.27. The van der Waals surface area contributed by atoms with E-state index in [0.717, 1.165) is 11.4 Å². The predicted molar refractivity (Wildman–Crippen MR) is 59.9 cm³/mol. The van der Waals surface area contributed by atoms with Gasteiger partial charge in [-0.15, -0.1) is 0 Å². The van der Waals surface area contributed by atoms with Crippen molar-refractivity contribution in [2.45, 2.75) is 19.9 Å². The highest BCUT2D eigenvalue weighted by Gasteiger charge is 2.05. The van der Waals surface area contributed by atoms with E-state index in [1.165, 1.54) is 5.56 Å². The Balaban J connectivity index is 2.85. The van der Waals surface area contributed by atoms with E-state index in [0.29, 0.717) is 6.54 Å². The van der Waals surface area contributed by atoms with Gasteiger partial charge < -0.3 is 15.8 Å². The molecule has 1 aromatic rings. The highest BCUT2D eigenvalue weighted by Crippen LogP contribution is 2.25. The first-order chi connectivity index (χ1) is 6.67. The molecule has 0 saturated carbocycles. The van der Waals surface area contributed by atoms with Gasteiger partial charge in [-0.25, -0.2) is 0 Å². The average molecular weight is 194 g/mol. The fourth-order valence-electron chi connectivity index (χ4n) is 1.24. The maximum absolute atomic E-state index is 5.54. The molecule has 0 spiro atoms. The zero-order valence-electron chi connectivity index (χ0n) is 9.00. The van der Waals surface area contributed by atoms with Crippen LogP contribution >= 0.6 is 0 Å². The van der Waals surface area contributed by atoms with E-state index >= 15 is 0 Å². The van der Waals surface area contributed by atoms with Crippen molar-refractivity contribution >= 4 is 5.69 Å². The normalized spacial score (nSPS) is 12.3. The average Bonchev–Trinajstić information content (AvgIpc) is 2.20. The first-order valence-corrected chi connectivity index (χ1v) is 4.78. The van der Waals surface area contributed by atoms with Crippen LogP contribution in [0.4, 0.5) is 5.69 Å². The van der Waals surface area contributed by atoms with Gasteiger partial charge in [-0.2, -0.15) is 0 Å². The van der Waals surface area contributed by atoms with Crippen molar-refractivity contribution in [3.05, 3.63) is 23.8 Å². The molecular formula is C11H18N2O. The topological polar surface area (TPSA) is 47.3 Å². The molecule has 1 unspecified atom stereocenters. The van der Waals surface area contributed by atoms with Crippen LogP contribution in [0, 0.1) is 6.92 Å². The Kier molecular flexibility index (Phi) is 3.77. The van der Waals surface area contributed by atoms with Gasteiger partial charge >= 0.3 is 0 Å². The quantitative estimate of drug-likeness (QED) is 0.767. The van der Waals surface area contributed by atoms with Gasteiger partial charge in [0.1, 0.15) is 5.75 Å². The molecule has 0 saturated heterocycles. The molecular weight excluding hydrogens is 176 g/mol. The third-order valence-corrected chi connectivity index (χ3v) is 2.11. The number of ether oxygens (including phenoxy) is 1. The van der Waals surface area contributed by atoms with Gasteiger partial charge in [-0.1, -0.05) is 6.07 Å².